The van der Waals surface area contributed by atoms with Crippen LogP contribution in [-0.2, 0) is 4.79 Å². The second kappa shape index (κ2) is 6.80. The van der Waals surface area contributed by atoms with Crippen molar-refractivity contribution in [1.82, 2.24) is 10.2 Å². The third-order valence-corrected chi connectivity index (χ3v) is 4.16. The van der Waals surface area contributed by atoms with E-state index in [1.807, 2.05) is 0 Å². The number of carbonyl (C=O) groups is 1. The van der Waals surface area contributed by atoms with Gasteiger partial charge in [-0.25, -0.2) is 0 Å². The molecule has 0 saturated carbocycles. The van der Waals surface area contributed by atoms with E-state index in [0.717, 1.165) is 25.9 Å². The first kappa shape index (κ1) is 15.6. The summed E-state index contributed by atoms with van der Waals surface area (Å²) < 4.78 is 5.44. The fourth-order valence-electron chi connectivity index (χ4n) is 2.41. The molecule has 0 unspecified atom stereocenters. The third kappa shape index (κ3) is 4.93. The normalized spacial score (nSPS) is 18.2. The number of rotatable bonds is 5. The molecule has 2 rings (SSSR count). The fraction of sp³-hybridized carbons (Fsp3) is 0.562. The van der Waals surface area contributed by atoms with Gasteiger partial charge in [0.05, 0.1) is 0 Å². The number of anilines is 1. The molecule has 5 heteroatoms. The summed E-state index contributed by atoms with van der Waals surface area (Å²) in [6, 6.07) is 7.04. The third-order valence-electron chi connectivity index (χ3n) is 4.16. The molecule has 1 aliphatic rings. The first-order valence-corrected chi connectivity index (χ1v) is 7.40. The number of nitrogens with zero attached hydrogens (tertiary/aromatic N) is 1. The quantitative estimate of drug-likeness (QED) is 0.807. The number of hydrogen-bond acceptors (Lipinski definition) is 4. The highest BCUT2D eigenvalue weighted by Crippen LogP contribution is 2.29. The van der Waals surface area contributed by atoms with E-state index in [-0.39, 0.29) is 17.9 Å². The number of likely N-dealkylation sites (tertiary alicyclic amines) is 1. The van der Waals surface area contributed by atoms with Gasteiger partial charge in [-0.05, 0) is 62.7 Å². The van der Waals surface area contributed by atoms with Crippen LogP contribution in [0.5, 0.6) is 5.75 Å². The smallest absolute Gasteiger partial charge is 0.257 e. The average molecular weight is 291 g/mol. The minimum Gasteiger partial charge on any atom is -0.484 e. The molecule has 3 N–H and O–H groups in total. The maximum Gasteiger partial charge on any atom is 0.257 e. The lowest BCUT2D eigenvalue weighted by Gasteiger charge is -2.37. The number of benzene rings is 1. The van der Waals surface area contributed by atoms with Crippen LogP contribution >= 0.6 is 0 Å². The molecule has 0 spiro atoms. The molecule has 0 atom stereocenters. The summed E-state index contributed by atoms with van der Waals surface area (Å²) in [5.41, 5.74) is 6.48. The Labute approximate surface area is 126 Å². The summed E-state index contributed by atoms with van der Waals surface area (Å²) >= 11 is 0. The molecule has 1 fully saturated rings. The van der Waals surface area contributed by atoms with Gasteiger partial charge in [-0.15, -0.1) is 0 Å². The molecule has 0 bridgehead atoms. The summed E-state index contributed by atoms with van der Waals surface area (Å²) in [4.78, 5) is 14.2. The van der Waals surface area contributed by atoms with Crippen LogP contribution < -0.4 is 15.8 Å². The first-order valence-electron chi connectivity index (χ1n) is 7.40. The number of nitrogen functional groups attached to an aromatic ring is 1. The van der Waals surface area contributed by atoms with Crippen molar-refractivity contribution in [3.63, 3.8) is 0 Å². The van der Waals surface area contributed by atoms with Crippen LogP contribution in [0.3, 0.4) is 0 Å². The number of amides is 1. The highest BCUT2D eigenvalue weighted by molar-refractivity contribution is 5.77. The zero-order valence-corrected chi connectivity index (χ0v) is 12.9. The lowest BCUT2D eigenvalue weighted by molar-refractivity contribution is -0.123. The Morgan fingerprint density at radius 3 is 2.57 bits per heavy atom. The van der Waals surface area contributed by atoms with E-state index in [1.54, 1.807) is 24.3 Å². The van der Waals surface area contributed by atoms with Gasteiger partial charge in [0, 0.05) is 12.2 Å². The van der Waals surface area contributed by atoms with Crippen LogP contribution in [0.25, 0.3) is 0 Å². The van der Waals surface area contributed by atoms with Gasteiger partial charge in [0.1, 0.15) is 5.75 Å². The average Bonchev–Trinajstić information content (AvgIpc) is 2.48. The highest BCUT2D eigenvalue weighted by Gasteiger charge is 2.29. The number of piperidine rings is 1. The van der Waals surface area contributed by atoms with Crippen molar-refractivity contribution >= 4 is 11.6 Å². The van der Waals surface area contributed by atoms with E-state index >= 15 is 0 Å². The Hall–Kier alpha value is -1.75. The van der Waals surface area contributed by atoms with Gasteiger partial charge >= 0.3 is 0 Å². The minimum atomic E-state index is -0.0769. The molecule has 0 radical (unpaired) electrons. The molecule has 1 aromatic rings. The van der Waals surface area contributed by atoms with Crippen molar-refractivity contribution < 1.29 is 9.53 Å². The zero-order chi connectivity index (χ0) is 15.3. The molecule has 5 nitrogen and oxygen atoms in total. The Bertz CT molecular complexity index is 465. The van der Waals surface area contributed by atoms with Gasteiger partial charge in [0.2, 0.25) is 0 Å². The van der Waals surface area contributed by atoms with E-state index in [9.17, 15) is 4.79 Å². The number of ether oxygens (including phenoxy) is 1. The standard InChI is InChI=1S/C16H25N3O2/c1-16(7-9-19(2)10-8-16)12-18-15(20)11-21-14-5-3-13(17)4-6-14/h3-6H,7-12,17H2,1-2H3,(H,18,20). The van der Waals surface area contributed by atoms with E-state index in [1.165, 1.54) is 0 Å². The Balaban J connectivity index is 1.71. The largest absolute Gasteiger partial charge is 0.484 e. The molecule has 1 aromatic carbocycles. The molecular weight excluding hydrogens is 266 g/mol. The van der Waals surface area contributed by atoms with Crippen molar-refractivity contribution in [2.24, 2.45) is 5.41 Å². The number of nitrogens with one attached hydrogen (secondary N) is 1. The number of hydrogen-bond donors (Lipinski definition) is 2. The summed E-state index contributed by atoms with van der Waals surface area (Å²) in [5, 5.41) is 2.98. The molecule has 0 aliphatic carbocycles. The lowest BCUT2D eigenvalue weighted by atomic mass is 9.80. The number of carbonyl (C=O) groups excluding carboxylic acids is 1. The SMILES string of the molecule is CN1CCC(C)(CNC(=O)COc2ccc(N)cc2)CC1. The van der Waals surface area contributed by atoms with Crippen LogP contribution in [0.1, 0.15) is 19.8 Å². The van der Waals surface area contributed by atoms with Crippen molar-refractivity contribution in [1.29, 1.82) is 0 Å². The zero-order valence-electron chi connectivity index (χ0n) is 12.9. The van der Waals surface area contributed by atoms with Crippen molar-refractivity contribution in [3.05, 3.63) is 24.3 Å². The second-order valence-corrected chi connectivity index (χ2v) is 6.25. The second-order valence-electron chi connectivity index (χ2n) is 6.25. The summed E-state index contributed by atoms with van der Waals surface area (Å²) in [7, 11) is 2.14. The molecule has 116 valence electrons. The van der Waals surface area contributed by atoms with E-state index in [2.05, 4.69) is 24.2 Å². The molecule has 1 aliphatic heterocycles. The van der Waals surface area contributed by atoms with Crippen LogP contribution in [-0.4, -0.2) is 44.1 Å². The monoisotopic (exact) mass is 291 g/mol. The van der Waals surface area contributed by atoms with Crippen molar-refractivity contribution in [3.8, 4) is 5.75 Å². The Kier molecular flexibility index (Phi) is 5.07. The highest BCUT2D eigenvalue weighted by atomic mass is 16.5. The Morgan fingerprint density at radius 1 is 1.33 bits per heavy atom. The molecule has 1 amide bonds. The topological polar surface area (TPSA) is 67.6 Å². The maximum absolute atomic E-state index is 11.9. The van der Waals surface area contributed by atoms with Crippen LogP contribution in [0.4, 0.5) is 5.69 Å². The van der Waals surface area contributed by atoms with Crippen LogP contribution in [0.15, 0.2) is 24.3 Å². The maximum atomic E-state index is 11.9. The van der Waals surface area contributed by atoms with Gasteiger partial charge < -0.3 is 20.7 Å². The van der Waals surface area contributed by atoms with Crippen LogP contribution in [0, 0.1) is 5.41 Å². The van der Waals surface area contributed by atoms with Crippen LogP contribution in [0.2, 0.25) is 0 Å². The van der Waals surface area contributed by atoms with E-state index in [4.69, 9.17) is 10.5 Å². The fourth-order valence-corrected chi connectivity index (χ4v) is 2.41. The molecule has 1 saturated heterocycles. The molecule has 0 aromatic heterocycles. The lowest BCUT2D eigenvalue weighted by Crippen LogP contribution is -2.44. The summed E-state index contributed by atoms with van der Waals surface area (Å²) in [6.07, 6.45) is 2.23. The van der Waals surface area contributed by atoms with Gasteiger partial charge in [0.15, 0.2) is 6.61 Å². The number of nitrogens with two attached hydrogens (primary N) is 1. The summed E-state index contributed by atoms with van der Waals surface area (Å²) in [6.45, 7) is 5.17. The van der Waals surface area contributed by atoms with Gasteiger partial charge in [-0.3, -0.25) is 4.79 Å². The summed E-state index contributed by atoms with van der Waals surface area (Å²) in [5.74, 6) is 0.580. The Morgan fingerprint density at radius 2 is 1.95 bits per heavy atom. The van der Waals surface area contributed by atoms with Crippen molar-refractivity contribution in [2.45, 2.75) is 19.8 Å². The molecular formula is C16H25N3O2. The molecule has 1 heterocycles. The predicted molar refractivity (Wildman–Crippen MR) is 84.2 cm³/mol. The van der Waals surface area contributed by atoms with Gasteiger partial charge in [-0.2, -0.15) is 0 Å². The van der Waals surface area contributed by atoms with Crippen molar-refractivity contribution in [2.75, 3.05) is 39.0 Å². The van der Waals surface area contributed by atoms with Gasteiger partial charge in [-0.1, -0.05) is 6.92 Å². The van der Waals surface area contributed by atoms with E-state index < -0.39 is 0 Å². The van der Waals surface area contributed by atoms with E-state index in [0.29, 0.717) is 18.0 Å². The molecule has 21 heavy (non-hydrogen) atoms. The van der Waals surface area contributed by atoms with Gasteiger partial charge in [0.25, 0.3) is 5.91 Å². The minimum absolute atomic E-state index is 0.0416. The first-order chi connectivity index (χ1) is 9.97. The predicted octanol–water partition coefficient (Wildman–Crippen LogP) is 1.50.